The van der Waals surface area contributed by atoms with Crippen molar-refractivity contribution < 1.29 is 10.2 Å². The molecule has 0 saturated heterocycles. The largest absolute Gasteiger partial charge is 0.364 e. The van der Waals surface area contributed by atoms with E-state index in [2.05, 4.69) is 0 Å². The summed E-state index contributed by atoms with van der Waals surface area (Å²) in [7, 11) is 0. The van der Waals surface area contributed by atoms with Crippen molar-refractivity contribution in [1.29, 1.82) is 0 Å². The lowest BCUT2D eigenvalue weighted by Crippen LogP contribution is -2.69. The van der Waals surface area contributed by atoms with Crippen molar-refractivity contribution in [1.82, 2.24) is 0 Å². The number of aliphatic hydroxyl groups is 2. The van der Waals surface area contributed by atoms with Crippen molar-refractivity contribution in [2.75, 3.05) is 0 Å². The standard InChI is InChI=1S/C11H20O2/c1-7(2)8-9(3,4)11(12,13)10(8,5)6/h12-13H,1-6H3. The maximum absolute atomic E-state index is 9.91. The first-order chi connectivity index (χ1) is 5.57. The summed E-state index contributed by atoms with van der Waals surface area (Å²) in [5.74, 6) is -1.59. The predicted octanol–water partition coefficient (Wildman–Crippen LogP) is 2.07. The van der Waals surface area contributed by atoms with Gasteiger partial charge in [0.1, 0.15) is 0 Å². The van der Waals surface area contributed by atoms with Gasteiger partial charge in [-0.3, -0.25) is 0 Å². The molecule has 1 rings (SSSR count). The average molecular weight is 184 g/mol. The summed E-state index contributed by atoms with van der Waals surface area (Å²) in [5.41, 5.74) is 1.31. The molecular formula is C11H20O2. The predicted molar refractivity (Wildman–Crippen MR) is 53.1 cm³/mol. The van der Waals surface area contributed by atoms with E-state index in [1.165, 1.54) is 5.57 Å². The molecule has 0 aliphatic heterocycles. The van der Waals surface area contributed by atoms with Gasteiger partial charge in [0.05, 0.1) is 0 Å². The molecule has 0 bridgehead atoms. The lowest BCUT2D eigenvalue weighted by atomic mass is 9.46. The van der Waals surface area contributed by atoms with E-state index in [-0.39, 0.29) is 0 Å². The summed E-state index contributed by atoms with van der Waals surface area (Å²) in [6.45, 7) is 11.5. The molecule has 0 unspecified atom stereocenters. The van der Waals surface area contributed by atoms with Gasteiger partial charge >= 0.3 is 0 Å². The Balaban J connectivity index is 3.27. The molecule has 2 N–H and O–H groups in total. The minimum atomic E-state index is -1.59. The Bertz CT molecular complexity index is 246. The van der Waals surface area contributed by atoms with Crippen molar-refractivity contribution in [2.45, 2.75) is 47.3 Å². The van der Waals surface area contributed by atoms with Crippen LogP contribution < -0.4 is 0 Å². The maximum Gasteiger partial charge on any atom is 0.180 e. The lowest BCUT2D eigenvalue weighted by molar-refractivity contribution is -0.327. The molecule has 0 amide bonds. The fourth-order valence-electron chi connectivity index (χ4n) is 3.10. The molecule has 76 valence electrons. The third kappa shape index (κ3) is 0.960. The van der Waals surface area contributed by atoms with Crippen molar-refractivity contribution in [3.63, 3.8) is 0 Å². The maximum atomic E-state index is 9.91. The van der Waals surface area contributed by atoms with Gasteiger partial charge in [-0.1, -0.05) is 33.3 Å². The van der Waals surface area contributed by atoms with Gasteiger partial charge < -0.3 is 10.2 Å². The molecular weight excluding hydrogens is 164 g/mol. The fraction of sp³-hybridized carbons (Fsp3) is 0.818. The molecule has 1 aliphatic rings. The van der Waals surface area contributed by atoms with Gasteiger partial charge in [0.2, 0.25) is 0 Å². The zero-order valence-corrected chi connectivity index (χ0v) is 9.39. The first kappa shape index (κ1) is 10.7. The number of allylic oxidation sites excluding steroid dienone is 1. The first-order valence-corrected chi connectivity index (χ1v) is 4.70. The summed E-state index contributed by atoms with van der Waals surface area (Å²) >= 11 is 0. The zero-order chi connectivity index (χ0) is 10.7. The lowest BCUT2D eigenvalue weighted by Gasteiger charge is -2.63. The van der Waals surface area contributed by atoms with Crippen LogP contribution in [-0.4, -0.2) is 16.0 Å². The van der Waals surface area contributed by atoms with Crippen molar-refractivity contribution in [3.8, 4) is 0 Å². The Labute approximate surface area is 80.3 Å². The highest BCUT2D eigenvalue weighted by atomic mass is 16.5. The van der Waals surface area contributed by atoms with Crippen LogP contribution >= 0.6 is 0 Å². The Hall–Kier alpha value is -0.340. The quantitative estimate of drug-likeness (QED) is 0.447. The molecule has 0 aromatic rings. The molecule has 0 heterocycles. The van der Waals surface area contributed by atoms with Gasteiger partial charge in [0.25, 0.3) is 0 Å². The van der Waals surface area contributed by atoms with E-state index in [9.17, 15) is 10.2 Å². The Morgan fingerprint density at radius 1 is 0.923 bits per heavy atom. The molecule has 2 heteroatoms. The van der Waals surface area contributed by atoms with E-state index < -0.39 is 16.6 Å². The van der Waals surface area contributed by atoms with Gasteiger partial charge in [-0.2, -0.15) is 0 Å². The van der Waals surface area contributed by atoms with E-state index >= 15 is 0 Å². The molecule has 0 atom stereocenters. The van der Waals surface area contributed by atoms with Crippen LogP contribution in [0.15, 0.2) is 11.1 Å². The van der Waals surface area contributed by atoms with E-state index in [1.807, 2.05) is 41.5 Å². The van der Waals surface area contributed by atoms with E-state index in [0.717, 1.165) is 5.57 Å². The number of rotatable bonds is 0. The minimum absolute atomic E-state index is 0.519. The highest BCUT2D eigenvalue weighted by Crippen LogP contribution is 2.65. The Kier molecular flexibility index (Phi) is 1.96. The monoisotopic (exact) mass is 184 g/mol. The highest BCUT2D eigenvalue weighted by molar-refractivity contribution is 5.40. The van der Waals surface area contributed by atoms with E-state index in [1.54, 1.807) is 0 Å². The zero-order valence-electron chi connectivity index (χ0n) is 9.39. The summed E-state index contributed by atoms with van der Waals surface area (Å²) in [5, 5.41) is 19.8. The average Bonchev–Trinajstić information content (AvgIpc) is 1.82. The third-order valence-corrected chi connectivity index (χ3v) is 3.49. The summed E-state index contributed by atoms with van der Waals surface area (Å²) in [6, 6.07) is 0. The smallest absolute Gasteiger partial charge is 0.180 e. The fourth-order valence-corrected chi connectivity index (χ4v) is 3.10. The SMILES string of the molecule is CC(C)=C1C(C)(C)C(O)(O)C1(C)C. The molecule has 0 aromatic heterocycles. The second-order valence-corrected chi connectivity index (χ2v) is 5.30. The number of hydrogen-bond donors (Lipinski definition) is 2. The van der Waals surface area contributed by atoms with Gasteiger partial charge in [-0.25, -0.2) is 0 Å². The summed E-state index contributed by atoms with van der Waals surface area (Å²) in [6.07, 6.45) is 0. The van der Waals surface area contributed by atoms with Crippen molar-refractivity contribution in [3.05, 3.63) is 11.1 Å². The van der Waals surface area contributed by atoms with Gasteiger partial charge in [0.15, 0.2) is 5.79 Å². The third-order valence-electron chi connectivity index (χ3n) is 3.49. The van der Waals surface area contributed by atoms with Crippen LogP contribution in [0.25, 0.3) is 0 Å². The van der Waals surface area contributed by atoms with Crippen LogP contribution in [0.5, 0.6) is 0 Å². The first-order valence-electron chi connectivity index (χ1n) is 4.70. The van der Waals surface area contributed by atoms with E-state index in [4.69, 9.17) is 0 Å². The minimum Gasteiger partial charge on any atom is -0.364 e. The van der Waals surface area contributed by atoms with Gasteiger partial charge in [-0.15, -0.1) is 0 Å². The van der Waals surface area contributed by atoms with Crippen LogP contribution in [0.1, 0.15) is 41.5 Å². The molecule has 1 aliphatic carbocycles. The second kappa shape index (κ2) is 2.37. The molecule has 0 aromatic carbocycles. The van der Waals surface area contributed by atoms with Gasteiger partial charge in [0, 0.05) is 10.8 Å². The van der Waals surface area contributed by atoms with Gasteiger partial charge in [-0.05, 0) is 19.4 Å². The van der Waals surface area contributed by atoms with Crippen LogP contribution in [0, 0.1) is 10.8 Å². The summed E-state index contributed by atoms with van der Waals surface area (Å²) < 4.78 is 0. The second-order valence-electron chi connectivity index (χ2n) is 5.30. The molecule has 2 nitrogen and oxygen atoms in total. The highest BCUT2D eigenvalue weighted by Gasteiger charge is 2.68. The van der Waals surface area contributed by atoms with Crippen LogP contribution in [-0.2, 0) is 0 Å². The van der Waals surface area contributed by atoms with E-state index in [0.29, 0.717) is 0 Å². The van der Waals surface area contributed by atoms with Crippen molar-refractivity contribution in [2.24, 2.45) is 10.8 Å². The molecule has 13 heavy (non-hydrogen) atoms. The number of hydrogen-bond acceptors (Lipinski definition) is 2. The molecule has 1 saturated carbocycles. The Morgan fingerprint density at radius 3 is 1.38 bits per heavy atom. The molecule has 0 radical (unpaired) electrons. The topological polar surface area (TPSA) is 40.5 Å². The normalized spacial score (nSPS) is 28.2. The summed E-state index contributed by atoms with van der Waals surface area (Å²) in [4.78, 5) is 0. The molecule has 0 spiro atoms. The van der Waals surface area contributed by atoms with Crippen LogP contribution in [0.2, 0.25) is 0 Å². The van der Waals surface area contributed by atoms with Crippen LogP contribution in [0.3, 0.4) is 0 Å². The Morgan fingerprint density at radius 2 is 1.23 bits per heavy atom. The van der Waals surface area contributed by atoms with Crippen molar-refractivity contribution >= 4 is 0 Å². The van der Waals surface area contributed by atoms with Crippen LogP contribution in [0.4, 0.5) is 0 Å². The molecule has 1 fully saturated rings.